The van der Waals surface area contributed by atoms with Crippen LogP contribution in [0.3, 0.4) is 0 Å². The molecule has 1 saturated heterocycles. The standard InChI is InChI=1S/C42H41ClN6O4.ClH/c1-27-36(42(52)49(32-9-11-34(50)12-10-32)40-21-29-14-15-45(2)39(29)24-44-40)23-38(46(27)3)37-22-31(43)8-13-35(37)41(51)48-25-30-7-5-4-6-28(30)20-33(48)26-47-16-18-53-19-17-47;/h4-15,21-24,33,50H,16-20,25-26H2,1-3H3;1H/t33-;/m0./s1. The number of amides is 2. The third kappa shape index (κ3) is 6.98. The Balaban J connectivity index is 0.00000450. The highest BCUT2D eigenvalue weighted by molar-refractivity contribution is 6.31. The van der Waals surface area contributed by atoms with Gasteiger partial charge >= 0.3 is 0 Å². The lowest BCUT2D eigenvalue weighted by Crippen LogP contribution is -2.52. The molecule has 2 amide bonds. The van der Waals surface area contributed by atoms with Gasteiger partial charge in [0.2, 0.25) is 0 Å². The van der Waals surface area contributed by atoms with Crippen LogP contribution in [0.1, 0.15) is 37.5 Å². The minimum Gasteiger partial charge on any atom is -0.508 e. The monoisotopic (exact) mass is 764 g/mol. The minimum absolute atomic E-state index is 0. The fourth-order valence-corrected chi connectivity index (χ4v) is 7.84. The number of aryl methyl sites for hydroxylation is 1. The van der Waals surface area contributed by atoms with Crippen LogP contribution in [0.5, 0.6) is 5.75 Å². The van der Waals surface area contributed by atoms with Crippen molar-refractivity contribution >= 4 is 58.2 Å². The number of morpholine rings is 1. The molecule has 6 aromatic rings. The first-order valence-corrected chi connectivity index (χ1v) is 18.2. The number of phenols is 1. The molecule has 278 valence electrons. The third-order valence-corrected chi connectivity index (χ3v) is 11.0. The van der Waals surface area contributed by atoms with Crippen molar-refractivity contribution < 1.29 is 19.4 Å². The van der Waals surface area contributed by atoms with Crippen molar-refractivity contribution in [2.75, 3.05) is 37.7 Å². The number of ether oxygens (including phenoxy) is 1. The number of pyridine rings is 1. The molecule has 2 aliphatic rings. The second-order valence-electron chi connectivity index (χ2n) is 13.9. The largest absolute Gasteiger partial charge is 0.508 e. The zero-order valence-electron chi connectivity index (χ0n) is 30.4. The maximum absolute atomic E-state index is 14.8. The molecule has 1 N–H and O–H groups in total. The molecule has 0 unspecified atom stereocenters. The lowest BCUT2D eigenvalue weighted by Gasteiger charge is -2.40. The van der Waals surface area contributed by atoms with Crippen LogP contribution in [0.25, 0.3) is 22.2 Å². The average molecular weight is 766 g/mol. The third-order valence-electron chi connectivity index (χ3n) is 10.7. The molecule has 0 saturated carbocycles. The molecule has 3 aromatic carbocycles. The summed E-state index contributed by atoms with van der Waals surface area (Å²) in [4.78, 5) is 40.3. The Morgan fingerprint density at radius 2 is 1.69 bits per heavy atom. The highest BCUT2D eigenvalue weighted by Crippen LogP contribution is 2.36. The number of aromatic hydroxyl groups is 1. The summed E-state index contributed by atoms with van der Waals surface area (Å²) >= 11 is 6.66. The number of anilines is 2. The molecule has 0 spiro atoms. The van der Waals surface area contributed by atoms with Crippen molar-refractivity contribution in [3.8, 4) is 17.0 Å². The van der Waals surface area contributed by atoms with Crippen LogP contribution < -0.4 is 4.90 Å². The Kier molecular flexibility index (Phi) is 10.5. The van der Waals surface area contributed by atoms with E-state index in [1.54, 1.807) is 47.5 Å². The molecular formula is C42H42Cl2N6O4. The van der Waals surface area contributed by atoms with E-state index < -0.39 is 0 Å². The van der Waals surface area contributed by atoms with Crippen LogP contribution >= 0.6 is 24.0 Å². The van der Waals surface area contributed by atoms with E-state index in [-0.39, 0.29) is 36.0 Å². The Labute approximate surface area is 325 Å². The summed E-state index contributed by atoms with van der Waals surface area (Å²) in [7, 11) is 3.85. The minimum atomic E-state index is -0.300. The number of benzene rings is 3. The van der Waals surface area contributed by atoms with E-state index in [1.807, 2.05) is 71.6 Å². The Hall–Kier alpha value is -5.13. The fraction of sp³-hybridized carbons (Fsp3) is 0.262. The summed E-state index contributed by atoms with van der Waals surface area (Å²) in [5.41, 5.74) is 6.92. The summed E-state index contributed by atoms with van der Waals surface area (Å²) in [6, 6.07) is 25.9. The summed E-state index contributed by atoms with van der Waals surface area (Å²) in [6.07, 6.45) is 4.47. The van der Waals surface area contributed by atoms with E-state index >= 15 is 0 Å². The maximum atomic E-state index is 14.8. The topological polar surface area (TPSA) is 96.1 Å². The van der Waals surface area contributed by atoms with Gasteiger partial charge in [0, 0.05) is 85.4 Å². The van der Waals surface area contributed by atoms with Crippen LogP contribution in [0, 0.1) is 6.92 Å². The van der Waals surface area contributed by atoms with Crippen LogP contribution in [0.4, 0.5) is 11.5 Å². The van der Waals surface area contributed by atoms with Gasteiger partial charge in [-0.15, -0.1) is 12.4 Å². The van der Waals surface area contributed by atoms with Crippen LogP contribution in [0.2, 0.25) is 5.02 Å². The molecule has 2 aliphatic heterocycles. The first-order valence-electron chi connectivity index (χ1n) is 17.8. The smallest absolute Gasteiger partial charge is 0.265 e. The van der Waals surface area contributed by atoms with E-state index in [9.17, 15) is 14.7 Å². The molecule has 5 heterocycles. The van der Waals surface area contributed by atoms with Crippen LogP contribution in [-0.4, -0.2) is 79.7 Å². The number of hydrogen-bond acceptors (Lipinski definition) is 6. The van der Waals surface area contributed by atoms with Crippen molar-refractivity contribution in [3.63, 3.8) is 0 Å². The molecule has 0 bridgehead atoms. The Morgan fingerprint density at radius 3 is 2.44 bits per heavy atom. The molecule has 1 fully saturated rings. The van der Waals surface area contributed by atoms with E-state index in [4.69, 9.17) is 21.3 Å². The average Bonchev–Trinajstić information content (AvgIpc) is 3.69. The van der Waals surface area contributed by atoms with E-state index in [0.717, 1.165) is 42.5 Å². The molecule has 10 nitrogen and oxygen atoms in total. The summed E-state index contributed by atoms with van der Waals surface area (Å²) in [6.45, 7) is 6.20. The summed E-state index contributed by atoms with van der Waals surface area (Å²) in [5, 5.41) is 11.5. The van der Waals surface area contributed by atoms with Gasteiger partial charge in [0.25, 0.3) is 11.8 Å². The van der Waals surface area contributed by atoms with Crippen LogP contribution in [0.15, 0.2) is 97.3 Å². The lowest BCUT2D eigenvalue weighted by atomic mass is 9.92. The maximum Gasteiger partial charge on any atom is 0.265 e. The van der Waals surface area contributed by atoms with Gasteiger partial charge in [-0.05, 0) is 85.1 Å². The Morgan fingerprint density at radius 1 is 0.944 bits per heavy atom. The number of fused-ring (bicyclic) bond motifs is 2. The molecule has 12 heteroatoms. The van der Waals surface area contributed by atoms with Gasteiger partial charge in [-0.1, -0.05) is 35.9 Å². The molecule has 1 atom stereocenters. The van der Waals surface area contributed by atoms with Gasteiger partial charge in [0.1, 0.15) is 11.6 Å². The number of phenolic OH excluding ortho intramolecular Hbond substituents is 1. The Bertz CT molecular complexity index is 2350. The number of hydrogen-bond donors (Lipinski definition) is 1. The number of rotatable bonds is 7. The van der Waals surface area contributed by atoms with Gasteiger partial charge in [-0.2, -0.15) is 0 Å². The van der Waals surface area contributed by atoms with Gasteiger partial charge in [-0.3, -0.25) is 19.4 Å². The molecule has 0 aliphatic carbocycles. The molecule has 3 aromatic heterocycles. The quantitative estimate of drug-likeness (QED) is 0.181. The van der Waals surface area contributed by atoms with Gasteiger partial charge in [0.05, 0.1) is 36.2 Å². The van der Waals surface area contributed by atoms with Crippen molar-refractivity contribution in [2.24, 2.45) is 14.1 Å². The summed E-state index contributed by atoms with van der Waals surface area (Å²) < 4.78 is 9.53. The van der Waals surface area contributed by atoms with Gasteiger partial charge in [-0.25, -0.2) is 4.98 Å². The van der Waals surface area contributed by atoms with Crippen molar-refractivity contribution in [2.45, 2.75) is 25.9 Å². The highest BCUT2D eigenvalue weighted by Gasteiger charge is 2.34. The number of carbonyl (C=O) groups excluding carboxylic acids is 2. The molecule has 54 heavy (non-hydrogen) atoms. The normalized spacial score (nSPS) is 15.9. The number of carbonyl (C=O) groups is 2. The number of halogens is 2. The zero-order valence-corrected chi connectivity index (χ0v) is 32.0. The first-order chi connectivity index (χ1) is 25.7. The van der Waals surface area contributed by atoms with E-state index in [2.05, 4.69) is 23.1 Å². The fourth-order valence-electron chi connectivity index (χ4n) is 7.66. The molecule has 0 radical (unpaired) electrons. The first kappa shape index (κ1) is 37.2. The van der Waals surface area contributed by atoms with E-state index in [1.165, 1.54) is 5.56 Å². The van der Waals surface area contributed by atoms with Crippen molar-refractivity contribution in [3.05, 3.63) is 130 Å². The number of nitrogens with zero attached hydrogens (tertiary/aromatic N) is 6. The number of aromatic nitrogens is 3. The predicted molar refractivity (Wildman–Crippen MR) is 214 cm³/mol. The van der Waals surface area contributed by atoms with Crippen molar-refractivity contribution in [1.29, 1.82) is 0 Å². The van der Waals surface area contributed by atoms with Gasteiger partial charge in [0.15, 0.2) is 0 Å². The highest BCUT2D eigenvalue weighted by atomic mass is 35.5. The van der Waals surface area contributed by atoms with Crippen LogP contribution in [-0.2, 0) is 31.8 Å². The second kappa shape index (κ2) is 15.3. The molecule has 8 rings (SSSR count). The second-order valence-corrected chi connectivity index (χ2v) is 14.4. The zero-order chi connectivity index (χ0) is 36.8. The van der Waals surface area contributed by atoms with E-state index in [0.29, 0.717) is 64.4 Å². The summed E-state index contributed by atoms with van der Waals surface area (Å²) in [5.74, 6) is 0.154. The molecular weight excluding hydrogens is 723 g/mol. The predicted octanol–water partition coefficient (Wildman–Crippen LogP) is 7.55. The van der Waals surface area contributed by atoms with Gasteiger partial charge < -0.3 is 23.9 Å². The lowest BCUT2D eigenvalue weighted by molar-refractivity contribution is 0.0193. The SMILES string of the molecule is Cc1c(C(=O)N(c2ccc(O)cc2)c2cc3ccn(C)c3cn2)cc(-c2cc(Cl)ccc2C(=O)N2Cc3ccccc3C[C@H]2CN2CCOCC2)n1C.Cl. The van der Waals surface area contributed by atoms with Crippen molar-refractivity contribution in [1.82, 2.24) is 23.9 Å².